The van der Waals surface area contributed by atoms with Gasteiger partial charge < -0.3 is 5.32 Å². The van der Waals surface area contributed by atoms with Gasteiger partial charge in [-0.05, 0) is 66.7 Å². The van der Waals surface area contributed by atoms with E-state index in [1.54, 1.807) is 12.1 Å². The first-order chi connectivity index (χ1) is 19.3. The third-order valence-electron chi connectivity index (χ3n) is 5.52. The second-order valence-corrected chi connectivity index (χ2v) is 12.4. The second-order valence-electron chi connectivity index (χ2n) is 8.41. The van der Waals surface area contributed by atoms with Crippen LogP contribution >= 0.6 is 11.6 Å². The largest absolute Gasteiger partial charge is 0.417 e. The normalized spacial score (nSPS) is 12.0. The Kier molecular flexibility index (Phi) is 8.56. The SMILES string of the molecule is O=C(CN(c1ccc(Cl)c(C(F)(F)F)c1)S(=O)(=O)c1ccccc1)Nc1ccc(S(=O)(=O)Nc2cccnc2)cc1. The van der Waals surface area contributed by atoms with Gasteiger partial charge in [0.2, 0.25) is 5.91 Å². The summed E-state index contributed by atoms with van der Waals surface area (Å²) in [4.78, 5) is 16.4. The van der Waals surface area contributed by atoms with Gasteiger partial charge in [0.25, 0.3) is 20.0 Å². The van der Waals surface area contributed by atoms with Crippen molar-refractivity contribution in [3.05, 3.63) is 108 Å². The average molecular weight is 625 g/mol. The highest BCUT2D eigenvalue weighted by Crippen LogP contribution is 2.38. The van der Waals surface area contributed by atoms with Gasteiger partial charge in [0, 0.05) is 11.9 Å². The maximum absolute atomic E-state index is 13.5. The van der Waals surface area contributed by atoms with Gasteiger partial charge in [-0.15, -0.1) is 0 Å². The third-order valence-corrected chi connectivity index (χ3v) is 9.04. The second kappa shape index (κ2) is 11.8. The topological polar surface area (TPSA) is 126 Å². The van der Waals surface area contributed by atoms with Crippen LogP contribution in [0.5, 0.6) is 0 Å². The van der Waals surface area contributed by atoms with Crippen LogP contribution < -0.4 is 14.3 Å². The van der Waals surface area contributed by atoms with Crippen molar-refractivity contribution < 1.29 is 34.8 Å². The summed E-state index contributed by atoms with van der Waals surface area (Å²) >= 11 is 5.70. The van der Waals surface area contributed by atoms with Crippen LogP contribution in [-0.4, -0.2) is 34.3 Å². The summed E-state index contributed by atoms with van der Waals surface area (Å²) in [6.45, 7) is -0.904. The highest BCUT2D eigenvalue weighted by molar-refractivity contribution is 7.93. The fourth-order valence-electron chi connectivity index (χ4n) is 3.61. The molecule has 0 radical (unpaired) electrons. The predicted molar refractivity (Wildman–Crippen MR) is 148 cm³/mol. The number of benzene rings is 3. The Labute approximate surface area is 238 Å². The molecule has 0 aliphatic heterocycles. The zero-order valence-corrected chi connectivity index (χ0v) is 23.1. The van der Waals surface area contributed by atoms with Gasteiger partial charge in [-0.1, -0.05) is 29.8 Å². The van der Waals surface area contributed by atoms with Crippen LogP contribution in [0, 0.1) is 0 Å². The standard InChI is InChI=1S/C26H20ClF3N4O5S2/c27-24-13-10-20(15-23(24)26(28,29)30)34(41(38,39)22-6-2-1-3-7-22)17-25(35)32-18-8-11-21(12-9-18)40(36,37)33-19-5-4-14-31-16-19/h1-16,33H,17H2,(H,32,35). The van der Waals surface area contributed by atoms with Crippen molar-refractivity contribution >= 4 is 54.6 Å². The molecule has 0 aliphatic rings. The van der Waals surface area contributed by atoms with Crippen LogP contribution in [0.3, 0.4) is 0 Å². The highest BCUT2D eigenvalue weighted by Gasteiger charge is 2.35. The third kappa shape index (κ3) is 7.14. The predicted octanol–water partition coefficient (Wildman–Crippen LogP) is 5.39. The molecule has 1 aromatic heterocycles. The lowest BCUT2D eigenvalue weighted by Crippen LogP contribution is -2.38. The van der Waals surface area contributed by atoms with Crippen LogP contribution in [0.25, 0.3) is 0 Å². The van der Waals surface area contributed by atoms with E-state index in [1.807, 2.05) is 0 Å². The number of rotatable bonds is 9. The molecule has 1 amide bonds. The fraction of sp³-hybridized carbons (Fsp3) is 0.0769. The van der Waals surface area contributed by atoms with E-state index >= 15 is 0 Å². The summed E-state index contributed by atoms with van der Waals surface area (Å²) in [5, 5.41) is 1.79. The lowest BCUT2D eigenvalue weighted by Gasteiger charge is -2.25. The first-order valence-corrected chi connectivity index (χ1v) is 14.8. The molecule has 4 aromatic rings. The van der Waals surface area contributed by atoms with Crippen molar-refractivity contribution in [1.82, 2.24) is 4.98 Å². The number of nitrogens with one attached hydrogen (secondary N) is 2. The maximum Gasteiger partial charge on any atom is 0.417 e. The van der Waals surface area contributed by atoms with Gasteiger partial charge >= 0.3 is 6.18 Å². The highest BCUT2D eigenvalue weighted by atomic mass is 35.5. The number of hydrogen-bond donors (Lipinski definition) is 2. The van der Waals surface area contributed by atoms with Crippen LogP contribution in [0.2, 0.25) is 5.02 Å². The van der Waals surface area contributed by atoms with E-state index in [2.05, 4.69) is 15.0 Å². The lowest BCUT2D eigenvalue weighted by atomic mass is 10.2. The van der Waals surface area contributed by atoms with Crippen LogP contribution in [0.1, 0.15) is 5.56 Å². The van der Waals surface area contributed by atoms with Gasteiger partial charge in [-0.25, -0.2) is 16.8 Å². The Balaban J connectivity index is 1.59. The number of pyridine rings is 1. The van der Waals surface area contributed by atoms with Gasteiger partial charge in [-0.3, -0.25) is 18.8 Å². The number of alkyl halides is 3. The molecule has 1 heterocycles. The molecule has 0 atom stereocenters. The van der Waals surface area contributed by atoms with E-state index in [1.165, 1.54) is 67.0 Å². The maximum atomic E-state index is 13.5. The molecular weight excluding hydrogens is 605 g/mol. The molecule has 41 heavy (non-hydrogen) atoms. The number of carbonyl (C=O) groups is 1. The molecule has 3 aromatic carbocycles. The quantitative estimate of drug-likeness (QED) is 0.257. The molecule has 0 saturated carbocycles. The first kappa shape index (κ1) is 29.8. The number of carbonyl (C=O) groups excluding carboxylic acids is 1. The Morgan fingerprint density at radius 1 is 0.854 bits per heavy atom. The van der Waals surface area contributed by atoms with Crippen LogP contribution in [0.15, 0.2) is 107 Å². The zero-order chi connectivity index (χ0) is 29.8. The molecule has 9 nitrogen and oxygen atoms in total. The summed E-state index contributed by atoms with van der Waals surface area (Å²) in [6, 6.07) is 17.4. The smallest absolute Gasteiger partial charge is 0.325 e. The van der Waals surface area contributed by atoms with Gasteiger partial charge in [0.05, 0.1) is 37.9 Å². The molecular formula is C26H20ClF3N4O5S2. The van der Waals surface area contributed by atoms with Crippen LogP contribution in [-0.2, 0) is 31.0 Å². The number of halogens is 4. The van der Waals surface area contributed by atoms with Gasteiger partial charge in [-0.2, -0.15) is 13.2 Å². The van der Waals surface area contributed by atoms with Gasteiger partial charge in [0.1, 0.15) is 6.54 Å². The first-order valence-electron chi connectivity index (χ1n) is 11.5. The monoisotopic (exact) mass is 624 g/mol. The summed E-state index contributed by atoms with van der Waals surface area (Å²) in [6.07, 6.45) is -2.09. The number of sulfonamides is 2. The molecule has 0 aliphatic carbocycles. The van der Waals surface area contributed by atoms with Crippen molar-refractivity contribution in [3.63, 3.8) is 0 Å². The average Bonchev–Trinajstić information content (AvgIpc) is 2.92. The summed E-state index contributed by atoms with van der Waals surface area (Å²) in [7, 11) is -8.48. The Morgan fingerprint density at radius 3 is 2.15 bits per heavy atom. The van der Waals surface area contributed by atoms with E-state index in [0.717, 1.165) is 12.1 Å². The van der Waals surface area contributed by atoms with E-state index in [-0.39, 0.29) is 21.2 Å². The number of aromatic nitrogens is 1. The summed E-state index contributed by atoms with van der Waals surface area (Å²) in [5.41, 5.74) is -1.37. The molecule has 0 fully saturated rings. The van der Waals surface area contributed by atoms with Crippen molar-refractivity contribution in [1.29, 1.82) is 0 Å². The van der Waals surface area contributed by atoms with Crippen molar-refractivity contribution in [2.24, 2.45) is 0 Å². The minimum Gasteiger partial charge on any atom is -0.325 e. The molecule has 0 saturated heterocycles. The van der Waals surface area contributed by atoms with E-state index in [4.69, 9.17) is 11.6 Å². The molecule has 15 heteroatoms. The summed E-state index contributed by atoms with van der Waals surface area (Å²) < 4.78 is 95.5. The minimum atomic E-state index is -4.88. The Hall–Kier alpha value is -4.14. The number of anilines is 3. The zero-order valence-electron chi connectivity index (χ0n) is 20.7. The van der Waals surface area contributed by atoms with E-state index in [0.29, 0.717) is 10.4 Å². The fourth-order valence-corrected chi connectivity index (χ4v) is 6.31. The van der Waals surface area contributed by atoms with Crippen molar-refractivity contribution in [2.75, 3.05) is 20.9 Å². The molecule has 0 unspecified atom stereocenters. The Bertz CT molecular complexity index is 1760. The summed E-state index contributed by atoms with van der Waals surface area (Å²) in [5.74, 6) is -0.905. The minimum absolute atomic E-state index is 0.111. The number of hydrogen-bond acceptors (Lipinski definition) is 6. The number of amides is 1. The van der Waals surface area contributed by atoms with Gasteiger partial charge in [0.15, 0.2) is 0 Å². The molecule has 0 bridgehead atoms. The number of nitrogens with zero attached hydrogens (tertiary/aromatic N) is 2. The lowest BCUT2D eigenvalue weighted by molar-refractivity contribution is -0.137. The molecule has 214 valence electrons. The van der Waals surface area contributed by atoms with E-state index in [9.17, 15) is 34.8 Å². The van der Waals surface area contributed by atoms with Crippen molar-refractivity contribution in [3.8, 4) is 0 Å². The molecule has 2 N–H and O–H groups in total. The van der Waals surface area contributed by atoms with E-state index < -0.39 is 54.9 Å². The molecule has 4 rings (SSSR count). The van der Waals surface area contributed by atoms with Crippen LogP contribution in [0.4, 0.5) is 30.2 Å². The van der Waals surface area contributed by atoms with Crippen molar-refractivity contribution in [2.45, 2.75) is 16.0 Å². The molecule has 0 spiro atoms. The Morgan fingerprint density at radius 2 is 1.54 bits per heavy atom.